The molecule has 1 fully saturated rings. The Morgan fingerprint density at radius 2 is 2.22 bits per heavy atom. The summed E-state index contributed by atoms with van der Waals surface area (Å²) in [5.74, 6) is 3.61. The van der Waals surface area contributed by atoms with Crippen molar-refractivity contribution in [2.45, 2.75) is 52.0 Å². The number of imidazole rings is 1. The fraction of sp³-hybridized carbons (Fsp3) is 0.800. The normalized spacial score (nSPS) is 28.5. The zero-order valence-corrected chi connectivity index (χ0v) is 12.0. The maximum atomic E-state index is 4.65. The highest BCUT2D eigenvalue weighted by Crippen LogP contribution is 2.40. The summed E-state index contributed by atoms with van der Waals surface area (Å²) in [6, 6.07) is 0. The molecule has 3 heteroatoms. The average Bonchev–Trinajstić information content (AvgIpc) is 2.87. The van der Waals surface area contributed by atoms with Crippen molar-refractivity contribution in [2.75, 3.05) is 13.6 Å². The van der Waals surface area contributed by atoms with Crippen LogP contribution in [0.1, 0.15) is 51.3 Å². The smallest absolute Gasteiger partial charge is 0.112 e. The van der Waals surface area contributed by atoms with Crippen molar-refractivity contribution in [3.05, 3.63) is 18.2 Å². The van der Waals surface area contributed by atoms with Crippen molar-refractivity contribution in [3.63, 3.8) is 0 Å². The maximum Gasteiger partial charge on any atom is 0.112 e. The molecule has 0 aliphatic heterocycles. The molecule has 3 nitrogen and oxygen atoms in total. The molecule has 3 unspecified atom stereocenters. The zero-order chi connectivity index (χ0) is 13.0. The van der Waals surface area contributed by atoms with Crippen molar-refractivity contribution in [1.82, 2.24) is 14.9 Å². The highest BCUT2D eigenvalue weighted by Gasteiger charge is 2.32. The van der Waals surface area contributed by atoms with E-state index in [9.17, 15) is 0 Å². The summed E-state index contributed by atoms with van der Waals surface area (Å²) in [4.78, 5) is 4.65. The molecular weight excluding hydrogens is 222 g/mol. The van der Waals surface area contributed by atoms with Gasteiger partial charge in [0, 0.05) is 24.9 Å². The summed E-state index contributed by atoms with van der Waals surface area (Å²) >= 11 is 0. The molecular formula is C15H27N3. The zero-order valence-electron chi connectivity index (χ0n) is 12.0. The summed E-state index contributed by atoms with van der Waals surface area (Å²) in [5, 5.41) is 3.36. The third-order valence-electron chi connectivity index (χ3n) is 4.57. The van der Waals surface area contributed by atoms with Crippen LogP contribution in [-0.2, 0) is 6.54 Å². The van der Waals surface area contributed by atoms with Crippen LogP contribution in [0, 0.1) is 11.8 Å². The van der Waals surface area contributed by atoms with Gasteiger partial charge in [-0.1, -0.05) is 19.8 Å². The summed E-state index contributed by atoms with van der Waals surface area (Å²) < 4.78 is 2.32. The standard InChI is InChI=1S/C15H27N3/c1-4-12-6-7-13(11-16-3)14(10-12)15-17-8-9-18(15)5-2/h8-9,12-14,16H,4-7,10-11H2,1-3H3. The lowest BCUT2D eigenvalue weighted by Crippen LogP contribution is -2.32. The monoisotopic (exact) mass is 249 g/mol. The van der Waals surface area contributed by atoms with Gasteiger partial charge < -0.3 is 9.88 Å². The molecule has 0 saturated heterocycles. The Bertz CT molecular complexity index is 358. The van der Waals surface area contributed by atoms with Gasteiger partial charge in [0.1, 0.15) is 5.82 Å². The number of nitrogens with zero attached hydrogens (tertiary/aromatic N) is 2. The van der Waals surface area contributed by atoms with E-state index in [2.05, 4.69) is 42.0 Å². The van der Waals surface area contributed by atoms with E-state index in [-0.39, 0.29) is 0 Å². The average molecular weight is 249 g/mol. The van der Waals surface area contributed by atoms with Gasteiger partial charge in [0.25, 0.3) is 0 Å². The number of aryl methyl sites for hydroxylation is 1. The van der Waals surface area contributed by atoms with E-state index in [1.54, 1.807) is 0 Å². The van der Waals surface area contributed by atoms with E-state index in [1.807, 2.05) is 6.20 Å². The lowest BCUT2D eigenvalue weighted by atomic mass is 9.72. The summed E-state index contributed by atoms with van der Waals surface area (Å²) in [7, 11) is 2.06. The van der Waals surface area contributed by atoms with Gasteiger partial charge in [0.05, 0.1) is 0 Å². The van der Waals surface area contributed by atoms with Crippen LogP contribution in [0.2, 0.25) is 0 Å². The SMILES string of the molecule is CCC1CCC(CNC)C(c2nccn2CC)C1. The van der Waals surface area contributed by atoms with Crippen LogP contribution in [0.25, 0.3) is 0 Å². The molecule has 1 N–H and O–H groups in total. The lowest BCUT2D eigenvalue weighted by molar-refractivity contribution is 0.218. The van der Waals surface area contributed by atoms with E-state index in [4.69, 9.17) is 0 Å². The van der Waals surface area contributed by atoms with Crippen molar-refractivity contribution < 1.29 is 0 Å². The number of hydrogen-bond donors (Lipinski definition) is 1. The van der Waals surface area contributed by atoms with Gasteiger partial charge in [0.2, 0.25) is 0 Å². The van der Waals surface area contributed by atoms with Crippen LogP contribution in [-0.4, -0.2) is 23.1 Å². The first-order valence-electron chi connectivity index (χ1n) is 7.45. The van der Waals surface area contributed by atoms with Crippen molar-refractivity contribution in [1.29, 1.82) is 0 Å². The fourth-order valence-electron chi connectivity index (χ4n) is 3.43. The molecule has 1 heterocycles. The topological polar surface area (TPSA) is 29.9 Å². The molecule has 0 aromatic carbocycles. The largest absolute Gasteiger partial charge is 0.335 e. The van der Waals surface area contributed by atoms with Gasteiger partial charge in [-0.3, -0.25) is 0 Å². The molecule has 1 aliphatic carbocycles. The Morgan fingerprint density at radius 3 is 2.89 bits per heavy atom. The van der Waals surface area contributed by atoms with Crippen molar-refractivity contribution >= 4 is 0 Å². The second-order valence-electron chi connectivity index (χ2n) is 5.58. The maximum absolute atomic E-state index is 4.65. The third kappa shape index (κ3) is 2.77. The Balaban J connectivity index is 2.18. The van der Waals surface area contributed by atoms with Crippen LogP contribution in [0.15, 0.2) is 12.4 Å². The van der Waals surface area contributed by atoms with E-state index in [0.717, 1.165) is 24.9 Å². The van der Waals surface area contributed by atoms with E-state index in [1.165, 1.54) is 31.5 Å². The van der Waals surface area contributed by atoms with Gasteiger partial charge >= 0.3 is 0 Å². The van der Waals surface area contributed by atoms with Crippen LogP contribution in [0.4, 0.5) is 0 Å². The molecule has 1 aromatic rings. The minimum atomic E-state index is 0.645. The van der Waals surface area contributed by atoms with Crippen molar-refractivity contribution in [3.8, 4) is 0 Å². The second kappa shape index (κ2) is 6.37. The minimum absolute atomic E-state index is 0.645. The molecule has 1 aliphatic rings. The van der Waals surface area contributed by atoms with Gasteiger partial charge in [0.15, 0.2) is 0 Å². The van der Waals surface area contributed by atoms with Gasteiger partial charge in [-0.25, -0.2) is 4.98 Å². The van der Waals surface area contributed by atoms with Crippen LogP contribution >= 0.6 is 0 Å². The van der Waals surface area contributed by atoms with E-state index >= 15 is 0 Å². The predicted molar refractivity (Wildman–Crippen MR) is 75.7 cm³/mol. The highest BCUT2D eigenvalue weighted by atomic mass is 15.1. The first-order valence-corrected chi connectivity index (χ1v) is 7.45. The summed E-state index contributed by atoms with van der Waals surface area (Å²) in [6.07, 6.45) is 9.47. The Hall–Kier alpha value is -0.830. The van der Waals surface area contributed by atoms with Gasteiger partial charge in [-0.15, -0.1) is 0 Å². The lowest BCUT2D eigenvalue weighted by Gasteiger charge is -2.35. The molecule has 0 bridgehead atoms. The van der Waals surface area contributed by atoms with Gasteiger partial charge in [-0.05, 0) is 45.2 Å². The minimum Gasteiger partial charge on any atom is -0.335 e. The van der Waals surface area contributed by atoms with Crippen LogP contribution < -0.4 is 5.32 Å². The Kier molecular flexibility index (Phi) is 4.81. The molecule has 1 saturated carbocycles. The molecule has 102 valence electrons. The summed E-state index contributed by atoms with van der Waals surface area (Å²) in [5.41, 5.74) is 0. The molecule has 2 rings (SSSR count). The number of rotatable bonds is 5. The Labute approximate surface area is 111 Å². The molecule has 3 atom stereocenters. The van der Waals surface area contributed by atoms with Crippen molar-refractivity contribution in [2.24, 2.45) is 11.8 Å². The highest BCUT2D eigenvalue weighted by molar-refractivity contribution is 5.05. The van der Waals surface area contributed by atoms with E-state index in [0.29, 0.717) is 5.92 Å². The van der Waals surface area contributed by atoms with Crippen LogP contribution in [0.5, 0.6) is 0 Å². The van der Waals surface area contributed by atoms with E-state index < -0.39 is 0 Å². The second-order valence-corrected chi connectivity index (χ2v) is 5.58. The fourth-order valence-corrected chi connectivity index (χ4v) is 3.43. The quantitative estimate of drug-likeness (QED) is 0.869. The first-order chi connectivity index (χ1) is 8.80. The Morgan fingerprint density at radius 1 is 1.39 bits per heavy atom. The third-order valence-corrected chi connectivity index (χ3v) is 4.57. The van der Waals surface area contributed by atoms with Crippen LogP contribution in [0.3, 0.4) is 0 Å². The molecule has 0 amide bonds. The molecule has 18 heavy (non-hydrogen) atoms. The molecule has 0 spiro atoms. The van der Waals surface area contributed by atoms with Gasteiger partial charge in [-0.2, -0.15) is 0 Å². The number of aromatic nitrogens is 2. The number of nitrogens with one attached hydrogen (secondary N) is 1. The predicted octanol–water partition coefficient (Wildman–Crippen LogP) is 3.03. The molecule has 1 aromatic heterocycles. The number of hydrogen-bond acceptors (Lipinski definition) is 2. The molecule has 0 radical (unpaired) electrons. The summed E-state index contributed by atoms with van der Waals surface area (Å²) in [6.45, 7) is 6.69. The first kappa shape index (κ1) is 13.6.